The fourth-order valence-electron chi connectivity index (χ4n) is 1.86. The van der Waals surface area contributed by atoms with Crippen molar-refractivity contribution in [3.63, 3.8) is 0 Å². The molecule has 3 nitrogen and oxygen atoms in total. The van der Waals surface area contributed by atoms with Crippen molar-refractivity contribution >= 4 is 10.8 Å². The van der Waals surface area contributed by atoms with Gasteiger partial charge >= 0.3 is 0 Å². The Morgan fingerprint density at radius 2 is 1.93 bits per heavy atom. The number of aromatic nitrogens is 1. The number of pyridine rings is 1. The topological polar surface area (TPSA) is 39.1 Å². The van der Waals surface area contributed by atoms with Crippen LogP contribution in [-0.4, -0.2) is 7.11 Å². The molecule has 2 aromatic rings. The maximum atomic E-state index is 5.92. The molecule has 0 bridgehead atoms. The highest BCUT2D eigenvalue weighted by molar-refractivity contribution is 5.89. The smallest absolute Gasteiger partial charge is 0.216 e. The van der Waals surface area contributed by atoms with Gasteiger partial charge in [0.05, 0.1) is 12.5 Å². The van der Waals surface area contributed by atoms with Gasteiger partial charge in [0.25, 0.3) is 0 Å². The molecule has 2 N–H and O–H groups in total. The van der Waals surface area contributed by atoms with Gasteiger partial charge in [-0.25, -0.2) is 5.84 Å². The lowest BCUT2D eigenvalue weighted by atomic mass is 10.1. The third-order valence-corrected chi connectivity index (χ3v) is 2.77. The van der Waals surface area contributed by atoms with Crippen LogP contribution in [0.5, 0.6) is 5.75 Å². The van der Waals surface area contributed by atoms with Gasteiger partial charge in [-0.15, -0.1) is 0 Å². The summed E-state index contributed by atoms with van der Waals surface area (Å²) in [5.41, 5.74) is 2.06. The van der Waals surface area contributed by atoms with E-state index in [1.54, 1.807) is 11.8 Å². The van der Waals surface area contributed by atoms with Crippen LogP contribution >= 0.6 is 0 Å². The van der Waals surface area contributed by atoms with Crippen molar-refractivity contribution in [1.29, 1.82) is 0 Å². The molecule has 0 aliphatic heterocycles. The van der Waals surface area contributed by atoms with Gasteiger partial charge in [0.2, 0.25) is 11.4 Å². The van der Waals surface area contributed by atoms with Crippen LogP contribution in [0.2, 0.25) is 0 Å². The normalized spacial score (nSPS) is 10.6. The number of rotatable bonds is 1. The second-order valence-corrected chi connectivity index (χ2v) is 3.66. The number of nitrogen functional groups attached to an aromatic ring is 1. The first-order valence-electron chi connectivity index (χ1n) is 4.89. The molecule has 0 atom stereocenters. The van der Waals surface area contributed by atoms with Gasteiger partial charge in [-0.1, -0.05) is 10.7 Å². The zero-order valence-electron chi connectivity index (χ0n) is 9.24. The number of methoxy groups -OCH3 is 1. The minimum Gasteiger partial charge on any atom is -0.496 e. The largest absolute Gasteiger partial charge is 0.496 e. The Labute approximate surface area is 89.1 Å². The van der Waals surface area contributed by atoms with Gasteiger partial charge in [-0.2, -0.15) is 0 Å². The number of ether oxygens (including phenoxy) is 1. The molecule has 0 saturated heterocycles. The average Bonchev–Trinajstić information content (AvgIpc) is 2.25. The van der Waals surface area contributed by atoms with Crippen LogP contribution in [0.4, 0.5) is 0 Å². The Bertz CT molecular complexity index is 521. The van der Waals surface area contributed by atoms with Crippen LogP contribution in [0.1, 0.15) is 11.4 Å². The van der Waals surface area contributed by atoms with Gasteiger partial charge < -0.3 is 4.74 Å². The van der Waals surface area contributed by atoms with E-state index in [9.17, 15) is 0 Å². The average molecular weight is 203 g/mol. The van der Waals surface area contributed by atoms with Crippen molar-refractivity contribution in [3.8, 4) is 5.75 Å². The van der Waals surface area contributed by atoms with Crippen molar-refractivity contribution in [2.24, 2.45) is 0 Å². The minimum absolute atomic E-state index is 0.888. The van der Waals surface area contributed by atoms with Crippen molar-refractivity contribution in [3.05, 3.63) is 35.7 Å². The van der Waals surface area contributed by atoms with Crippen LogP contribution in [0.3, 0.4) is 0 Å². The first-order chi connectivity index (χ1) is 7.15. The van der Waals surface area contributed by atoms with Crippen LogP contribution in [0, 0.1) is 13.8 Å². The molecule has 1 heterocycles. The van der Waals surface area contributed by atoms with Gasteiger partial charge in [-0.05, 0) is 12.1 Å². The molecular formula is C12H15N2O+. The Hall–Kier alpha value is -1.77. The van der Waals surface area contributed by atoms with E-state index >= 15 is 0 Å². The predicted molar refractivity (Wildman–Crippen MR) is 60.3 cm³/mol. The molecule has 0 aliphatic carbocycles. The van der Waals surface area contributed by atoms with Crippen LogP contribution in [-0.2, 0) is 0 Å². The second-order valence-electron chi connectivity index (χ2n) is 3.66. The van der Waals surface area contributed by atoms with E-state index < -0.39 is 0 Å². The zero-order valence-corrected chi connectivity index (χ0v) is 9.24. The van der Waals surface area contributed by atoms with E-state index in [2.05, 4.69) is 6.07 Å². The molecule has 0 radical (unpaired) electrons. The number of hydrogen-bond donors (Lipinski definition) is 1. The van der Waals surface area contributed by atoms with Crippen molar-refractivity contribution < 1.29 is 9.41 Å². The number of hydrogen-bond acceptors (Lipinski definition) is 2. The monoisotopic (exact) mass is 203 g/mol. The summed E-state index contributed by atoms with van der Waals surface area (Å²) < 4.78 is 7.02. The number of nitrogens with two attached hydrogens (primary N) is 1. The molecule has 0 fully saturated rings. The molecule has 15 heavy (non-hydrogen) atoms. The number of benzene rings is 1. The summed E-state index contributed by atoms with van der Waals surface area (Å²) in [6, 6.07) is 8.03. The Balaban J connectivity index is 2.91. The first-order valence-corrected chi connectivity index (χ1v) is 4.89. The van der Waals surface area contributed by atoms with Crippen molar-refractivity contribution in [2.45, 2.75) is 13.8 Å². The Kier molecular flexibility index (Phi) is 2.23. The molecule has 0 amide bonds. The zero-order chi connectivity index (χ0) is 11.0. The lowest BCUT2D eigenvalue weighted by molar-refractivity contribution is -0.650. The Morgan fingerprint density at radius 1 is 1.20 bits per heavy atom. The summed E-state index contributed by atoms with van der Waals surface area (Å²) in [5.74, 6) is 6.80. The predicted octanol–water partition coefficient (Wildman–Crippen LogP) is 1.47. The molecule has 0 unspecified atom stereocenters. The highest BCUT2D eigenvalue weighted by Gasteiger charge is 2.14. The minimum atomic E-state index is 0.888. The first kappa shape index (κ1) is 9.77. The summed E-state index contributed by atoms with van der Waals surface area (Å²) in [6.45, 7) is 3.99. The molecule has 78 valence electrons. The maximum absolute atomic E-state index is 5.92. The number of aryl methyl sites for hydroxylation is 2. The fraction of sp³-hybridized carbons (Fsp3) is 0.250. The Morgan fingerprint density at radius 3 is 2.60 bits per heavy atom. The number of nitrogens with zero attached hydrogens (tertiary/aromatic N) is 1. The van der Waals surface area contributed by atoms with Crippen LogP contribution in [0.25, 0.3) is 10.8 Å². The number of fused-ring (bicyclic) bond motifs is 1. The van der Waals surface area contributed by atoms with Gasteiger partial charge in [0.15, 0.2) is 0 Å². The summed E-state index contributed by atoms with van der Waals surface area (Å²) in [4.78, 5) is 0. The van der Waals surface area contributed by atoms with Gasteiger partial charge in [0, 0.05) is 25.3 Å². The van der Waals surface area contributed by atoms with E-state index in [1.807, 2.05) is 32.0 Å². The quantitative estimate of drug-likeness (QED) is 0.563. The van der Waals surface area contributed by atoms with Gasteiger partial charge in [-0.3, -0.25) is 0 Å². The molecular weight excluding hydrogens is 188 g/mol. The van der Waals surface area contributed by atoms with Crippen molar-refractivity contribution in [2.75, 3.05) is 13.0 Å². The van der Waals surface area contributed by atoms with Crippen LogP contribution < -0.4 is 15.3 Å². The SMILES string of the molecule is COc1cccc2c(C)[n+](N)c(C)cc12. The lowest BCUT2D eigenvalue weighted by Crippen LogP contribution is -2.49. The van der Waals surface area contributed by atoms with E-state index in [0.29, 0.717) is 0 Å². The maximum Gasteiger partial charge on any atom is 0.216 e. The summed E-state index contributed by atoms with van der Waals surface area (Å²) >= 11 is 0. The highest BCUT2D eigenvalue weighted by atomic mass is 16.5. The van der Waals surface area contributed by atoms with Crippen molar-refractivity contribution in [1.82, 2.24) is 0 Å². The van der Waals surface area contributed by atoms with Crippen LogP contribution in [0.15, 0.2) is 24.3 Å². The molecule has 2 rings (SSSR count). The van der Waals surface area contributed by atoms with E-state index in [1.165, 1.54) is 0 Å². The van der Waals surface area contributed by atoms with E-state index in [0.717, 1.165) is 27.9 Å². The molecule has 0 spiro atoms. The highest BCUT2D eigenvalue weighted by Crippen LogP contribution is 2.26. The van der Waals surface area contributed by atoms with Gasteiger partial charge in [0.1, 0.15) is 5.75 Å². The molecule has 0 aliphatic rings. The molecule has 1 aromatic carbocycles. The molecule has 1 aromatic heterocycles. The summed E-state index contributed by atoms with van der Waals surface area (Å²) in [5, 5.41) is 2.24. The lowest BCUT2D eigenvalue weighted by Gasteiger charge is -2.06. The standard InChI is InChI=1S/C12H15N2O/c1-8-7-11-10(9(2)14(8)13)5-4-6-12(11)15-3/h4-7H,13H2,1-3H3/q+1. The molecule has 0 saturated carbocycles. The molecule has 3 heteroatoms. The fourth-order valence-corrected chi connectivity index (χ4v) is 1.86. The third kappa shape index (κ3) is 1.40. The third-order valence-electron chi connectivity index (χ3n) is 2.77. The second kappa shape index (κ2) is 3.42. The van der Waals surface area contributed by atoms with E-state index in [-0.39, 0.29) is 0 Å². The summed E-state index contributed by atoms with van der Waals surface area (Å²) in [7, 11) is 1.68. The summed E-state index contributed by atoms with van der Waals surface area (Å²) in [6.07, 6.45) is 0. The van der Waals surface area contributed by atoms with E-state index in [4.69, 9.17) is 10.6 Å².